The van der Waals surface area contributed by atoms with Crippen LogP contribution >= 0.6 is 0 Å². The van der Waals surface area contributed by atoms with Gasteiger partial charge in [0.2, 0.25) is 0 Å². The van der Waals surface area contributed by atoms with Crippen LogP contribution in [0.3, 0.4) is 0 Å². The van der Waals surface area contributed by atoms with E-state index < -0.39 is 0 Å². The Hall–Kier alpha value is -1.84. The van der Waals surface area contributed by atoms with Crippen LogP contribution in [0.25, 0.3) is 0 Å². The van der Waals surface area contributed by atoms with Crippen molar-refractivity contribution in [1.82, 2.24) is 14.5 Å². The van der Waals surface area contributed by atoms with E-state index in [2.05, 4.69) is 39.8 Å². The smallest absolute Gasteiger partial charge is 0.126 e. The summed E-state index contributed by atoms with van der Waals surface area (Å²) < 4.78 is 2.16. The highest BCUT2D eigenvalue weighted by Crippen LogP contribution is 2.11. The first kappa shape index (κ1) is 12.6. The van der Waals surface area contributed by atoms with Gasteiger partial charge in [-0.3, -0.25) is 0 Å². The van der Waals surface area contributed by atoms with Crippen molar-refractivity contribution in [2.75, 3.05) is 11.9 Å². The summed E-state index contributed by atoms with van der Waals surface area (Å²) >= 11 is 0. The van der Waals surface area contributed by atoms with Crippen molar-refractivity contribution in [3.05, 3.63) is 41.6 Å². The highest BCUT2D eigenvalue weighted by Gasteiger charge is 2.03. The molecular weight excluding hydrogens is 224 g/mol. The van der Waals surface area contributed by atoms with Gasteiger partial charge in [-0.05, 0) is 38.0 Å². The van der Waals surface area contributed by atoms with Crippen molar-refractivity contribution in [2.45, 2.75) is 33.7 Å². The molecule has 2 aromatic rings. The van der Waals surface area contributed by atoms with Gasteiger partial charge in [-0.15, -0.1) is 0 Å². The van der Waals surface area contributed by atoms with Gasteiger partial charge in [0.25, 0.3) is 0 Å². The lowest BCUT2D eigenvalue weighted by Crippen LogP contribution is -2.04. The molecule has 0 aliphatic heterocycles. The van der Waals surface area contributed by atoms with Gasteiger partial charge in [0.1, 0.15) is 5.82 Å². The zero-order chi connectivity index (χ0) is 13.0. The van der Waals surface area contributed by atoms with Gasteiger partial charge in [0, 0.05) is 25.0 Å². The molecule has 0 spiro atoms. The van der Waals surface area contributed by atoms with Crippen LogP contribution in [0.2, 0.25) is 0 Å². The average Bonchev–Trinajstić information content (AvgIpc) is 2.69. The maximum Gasteiger partial charge on any atom is 0.126 e. The normalized spacial score (nSPS) is 10.6. The Kier molecular flexibility index (Phi) is 3.97. The van der Waals surface area contributed by atoms with Crippen molar-refractivity contribution < 1.29 is 0 Å². The molecule has 4 heteroatoms. The second-order valence-corrected chi connectivity index (χ2v) is 4.52. The first-order valence-electron chi connectivity index (χ1n) is 6.38. The molecule has 0 amide bonds. The molecule has 0 aromatic carbocycles. The Morgan fingerprint density at radius 2 is 2.11 bits per heavy atom. The van der Waals surface area contributed by atoms with Crippen molar-refractivity contribution in [3.8, 4) is 0 Å². The first-order chi connectivity index (χ1) is 8.70. The van der Waals surface area contributed by atoms with E-state index in [0.717, 1.165) is 31.0 Å². The van der Waals surface area contributed by atoms with Gasteiger partial charge < -0.3 is 9.88 Å². The van der Waals surface area contributed by atoms with E-state index in [4.69, 9.17) is 0 Å². The minimum atomic E-state index is 0.843. The predicted molar refractivity (Wildman–Crippen MR) is 73.8 cm³/mol. The van der Waals surface area contributed by atoms with Crippen molar-refractivity contribution >= 4 is 5.82 Å². The molecule has 0 aliphatic rings. The fourth-order valence-corrected chi connectivity index (χ4v) is 1.82. The summed E-state index contributed by atoms with van der Waals surface area (Å²) in [5.74, 6) is 0.948. The Labute approximate surface area is 108 Å². The van der Waals surface area contributed by atoms with Crippen LogP contribution in [-0.4, -0.2) is 21.1 Å². The Balaban J connectivity index is 2.11. The molecule has 0 fully saturated rings. The van der Waals surface area contributed by atoms with Gasteiger partial charge >= 0.3 is 0 Å². The zero-order valence-corrected chi connectivity index (χ0v) is 11.3. The molecule has 18 heavy (non-hydrogen) atoms. The highest BCUT2D eigenvalue weighted by atomic mass is 15.1. The number of hydrogen-bond acceptors (Lipinski definition) is 3. The van der Waals surface area contributed by atoms with Gasteiger partial charge in [-0.2, -0.15) is 0 Å². The maximum atomic E-state index is 4.32. The molecule has 0 aliphatic carbocycles. The lowest BCUT2D eigenvalue weighted by atomic mass is 10.2. The minimum absolute atomic E-state index is 0.843. The van der Waals surface area contributed by atoms with Crippen LogP contribution in [-0.2, 0) is 6.54 Å². The Bertz CT molecular complexity index is 516. The number of anilines is 1. The molecule has 0 saturated carbocycles. The van der Waals surface area contributed by atoms with Crippen LogP contribution in [0.4, 0.5) is 5.82 Å². The fourth-order valence-electron chi connectivity index (χ4n) is 1.82. The number of pyridine rings is 1. The number of imidazole rings is 1. The van der Waals surface area contributed by atoms with Crippen LogP contribution < -0.4 is 5.32 Å². The number of aryl methyl sites for hydroxylation is 1. The zero-order valence-electron chi connectivity index (χ0n) is 11.3. The lowest BCUT2D eigenvalue weighted by molar-refractivity contribution is 0.767. The van der Waals surface area contributed by atoms with E-state index in [1.54, 1.807) is 0 Å². The average molecular weight is 244 g/mol. The van der Waals surface area contributed by atoms with Crippen molar-refractivity contribution in [2.24, 2.45) is 0 Å². The summed E-state index contributed by atoms with van der Waals surface area (Å²) in [6.07, 6.45) is 4.85. The first-order valence-corrected chi connectivity index (χ1v) is 6.38. The topological polar surface area (TPSA) is 42.7 Å². The van der Waals surface area contributed by atoms with Gasteiger partial charge in [-0.1, -0.05) is 6.92 Å². The van der Waals surface area contributed by atoms with E-state index in [-0.39, 0.29) is 0 Å². The third-order valence-corrected chi connectivity index (χ3v) is 3.08. The minimum Gasteiger partial charge on any atom is -0.370 e. The highest BCUT2D eigenvalue weighted by molar-refractivity contribution is 5.37. The summed E-state index contributed by atoms with van der Waals surface area (Å²) in [6, 6.07) is 4.15. The Morgan fingerprint density at radius 1 is 1.28 bits per heavy atom. The summed E-state index contributed by atoms with van der Waals surface area (Å²) in [4.78, 5) is 8.63. The molecule has 0 radical (unpaired) electrons. The number of nitrogens with zero attached hydrogens (tertiary/aromatic N) is 3. The van der Waals surface area contributed by atoms with Gasteiger partial charge in [0.05, 0.1) is 12.0 Å². The molecule has 96 valence electrons. The van der Waals surface area contributed by atoms with E-state index in [9.17, 15) is 0 Å². The summed E-state index contributed by atoms with van der Waals surface area (Å²) in [6.45, 7) is 8.08. The second kappa shape index (κ2) is 5.67. The van der Waals surface area contributed by atoms with E-state index in [1.807, 2.05) is 25.5 Å². The van der Waals surface area contributed by atoms with Gasteiger partial charge in [0.15, 0.2) is 0 Å². The standard InChI is InChI=1S/C14H20N4/c1-4-6-15-14-8-13(5-7-16-14)9-18-10-17-11(2)12(18)3/h5,7-8,10H,4,6,9H2,1-3H3,(H,15,16). The van der Waals surface area contributed by atoms with E-state index in [0.29, 0.717) is 0 Å². The molecule has 0 bridgehead atoms. The molecule has 0 atom stereocenters. The number of nitrogens with one attached hydrogen (secondary N) is 1. The SMILES string of the molecule is CCCNc1cc(Cn2cnc(C)c2C)ccn1. The summed E-state index contributed by atoms with van der Waals surface area (Å²) in [7, 11) is 0. The molecule has 0 saturated heterocycles. The third kappa shape index (κ3) is 2.88. The molecule has 1 N–H and O–H groups in total. The number of rotatable bonds is 5. The second-order valence-electron chi connectivity index (χ2n) is 4.52. The largest absolute Gasteiger partial charge is 0.370 e. The molecular formula is C14H20N4. The summed E-state index contributed by atoms with van der Waals surface area (Å²) in [5.41, 5.74) is 3.55. The quantitative estimate of drug-likeness (QED) is 0.879. The molecule has 2 aromatic heterocycles. The van der Waals surface area contributed by atoms with Crippen LogP contribution in [0, 0.1) is 13.8 Å². The molecule has 0 unspecified atom stereocenters. The third-order valence-electron chi connectivity index (χ3n) is 3.08. The lowest BCUT2D eigenvalue weighted by Gasteiger charge is -2.08. The summed E-state index contributed by atoms with van der Waals surface area (Å²) in [5, 5.41) is 3.30. The molecule has 2 rings (SSSR count). The van der Waals surface area contributed by atoms with Crippen LogP contribution in [0.1, 0.15) is 30.3 Å². The Morgan fingerprint density at radius 3 is 2.78 bits per heavy atom. The van der Waals surface area contributed by atoms with E-state index in [1.165, 1.54) is 11.3 Å². The van der Waals surface area contributed by atoms with Crippen LogP contribution in [0.5, 0.6) is 0 Å². The van der Waals surface area contributed by atoms with Crippen molar-refractivity contribution in [1.29, 1.82) is 0 Å². The van der Waals surface area contributed by atoms with Crippen LogP contribution in [0.15, 0.2) is 24.7 Å². The molecule has 4 nitrogen and oxygen atoms in total. The predicted octanol–water partition coefficient (Wildman–Crippen LogP) is 2.77. The fraction of sp³-hybridized carbons (Fsp3) is 0.429. The maximum absolute atomic E-state index is 4.32. The van der Waals surface area contributed by atoms with Crippen molar-refractivity contribution in [3.63, 3.8) is 0 Å². The monoisotopic (exact) mass is 244 g/mol. The van der Waals surface area contributed by atoms with E-state index >= 15 is 0 Å². The van der Waals surface area contributed by atoms with Gasteiger partial charge in [-0.25, -0.2) is 9.97 Å². The number of hydrogen-bond donors (Lipinski definition) is 1. The number of aromatic nitrogens is 3. The molecule has 2 heterocycles.